The largest absolute Gasteiger partial charge is 0.309 e. The first kappa shape index (κ1) is 15.7. The van der Waals surface area contributed by atoms with Crippen LogP contribution in [0.3, 0.4) is 0 Å². The van der Waals surface area contributed by atoms with Gasteiger partial charge in [-0.15, -0.1) is 0 Å². The highest BCUT2D eigenvalue weighted by Gasteiger charge is 2.38. The second-order valence-corrected chi connectivity index (χ2v) is 8.41. The number of rotatable bonds is 3. The maximum Gasteiger partial charge on any atom is 0.270 e. The minimum atomic E-state index is -3.67. The Balaban J connectivity index is 2.12. The molecule has 0 N–H and O–H groups in total. The van der Waals surface area contributed by atoms with Crippen LogP contribution in [0.4, 0.5) is 0 Å². The Hall–Kier alpha value is -1.82. The molecule has 0 saturated carbocycles. The fourth-order valence-electron chi connectivity index (χ4n) is 3.44. The molecule has 0 bridgehead atoms. The molecule has 2 heterocycles. The molecule has 6 heteroatoms. The lowest BCUT2D eigenvalue weighted by Gasteiger charge is -2.10. The van der Waals surface area contributed by atoms with Crippen LogP contribution in [0.15, 0.2) is 47.4 Å². The predicted octanol–water partition coefficient (Wildman–Crippen LogP) is 3.62. The molecule has 4 nitrogen and oxygen atoms in total. The summed E-state index contributed by atoms with van der Waals surface area (Å²) in [5.74, 6) is 0. The van der Waals surface area contributed by atoms with Crippen LogP contribution in [0.25, 0.3) is 22.2 Å². The molecule has 3 aromatic rings. The SMILES string of the molecule is CN(C)CCc1c2n(c3ccccc13)S(=O)(=O)c1c(Cl)cccc1-2. The van der Waals surface area contributed by atoms with E-state index < -0.39 is 10.0 Å². The molecule has 1 aliphatic heterocycles. The molecule has 2 aromatic carbocycles. The first-order valence-electron chi connectivity index (χ1n) is 7.74. The van der Waals surface area contributed by atoms with E-state index in [1.807, 2.05) is 44.4 Å². The lowest BCUT2D eigenvalue weighted by atomic mass is 10.0. The molecular weight excluding hydrogens is 344 g/mol. The van der Waals surface area contributed by atoms with Crippen molar-refractivity contribution in [1.29, 1.82) is 0 Å². The van der Waals surface area contributed by atoms with Crippen LogP contribution in [-0.4, -0.2) is 37.9 Å². The summed E-state index contributed by atoms with van der Waals surface area (Å²) < 4.78 is 27.7. The van der Waals surface area contributed by atoms with Crippen LogP contribution in [0.5, 0.6) is 0 Å². The third kappa shape index (κ3) is 2.05. The van der Waals surface area contributed by atoms with E-state index in [2.05, 4.69) is 4.90 Å². The molecule has 24 heavy (non-hydrogen) atoms. The number of aromatic nitrogens is 1. The van der Waals surface area contributed by atoms with Crippen LogP contribution < -0.4 is 0 Å². The molecule has 0 aliphatic carbocycles. The topological polar surface area (TPSA) is 42.3 Å². The van der Waals surface area contributed by atoms with Crippen molar-refractivity contribution < 1.29 is 8.42 Å². The van der Waals surface area contributed by atoms with Gasteiger partial charge < -0.3 is 4.90 Å². The normalized spacial score (nSPS) is 15.0. The molecule has 0 saturated heterocycles. The molecule has 0 unspecified atom stereocenters. The highest BCUT2D eigenvalue weighted by molar-refractivity contribution is 7.90. The van der Waals surface area contributed by atoms with Crippen LogP contribution in [0, 0.1) is 0 Å². The number of hydrogen-bond donors (Lipinski definition) is 0. The fourth-order valence-corrected chi connectivity index (χ4v) is 5.71. The first-order valence-corrected chi connectivity index (χ1v) is 9.56. The summed E-state index contributed by atoms with van der Waals surface area (Å²) in [4.78, 5) is 2.32. The fraction of sp³-hybridized carbons (Fsp3) is 0.222. The number of fused-ring (bicyclic) bond motifs is 5. The summed E-state index contributed by atoms with van der Waals surface area (Å²) in [7, 11) is 0.359. The van der Waals surface area contributed by atoms with Gasteiger partial charge in [-0.05, 0) is 38.2 Å². The van der Waals surface area contributed by atoms with Gasteiger partial charge in [0.2, 0.25) is 0 Å². The summed E-state index contributed by atoms with van der Waals surface area (Å²) >= 11 is 6.23. The average Bonchev–Trinajstić information content (AvgIpc) is 2.98. The minimum Gasteiger partial charge on any atom is -0.309 e. The summed E-state index contributed by atoms with van der Waals surface area (Å²) in [5.41, 5.74) is 3.24. The van der Waals surface area contributed by atoms with E-state index in [0.29, 0.717) is 11.1 Å². The Morgan fingerprint density at radius 3 is 2.58 bits per heavy atom. The standard InChI is InChI=1S/C18H17ClN2O2S/c1-20(2)11-10-13-12-6-3-4-9-16(12)21-17(13)14-7-5-8-15(19)18(14)24(21,22)23/h3-9H,10-11H2,1-2H3. The van der Waals surface area contributed by atoms with Gasteiger partial charge in [0.05, 0.1) is 16.2 Å². The van der Waals surface area contributed by atoms with E-state index in [9.17, 15) is 8.42 Å². The molecule has 0 fully saturated rings. The lowest BCUT2D eigenvalue weighted by Crippen LogP contribution is -2.15. The molecule has 0 atom stereocenters. The first-order chi connectivity index (χ1) is 11.4. The number of hydrogen-bond acceptors (Lipinski definition) is 3. The number of likely N-dealkylation sites (N-methyl/N-ethyl adjacent to an activating group) is 1. The Morgan fingerprint density at radius 2 is 1.83 bits per heavy atom. The highest BCUT2D eigenvalue weighted by atomic mass is 35.5. The molecule has 4 rings (SSSR count). The molecule has 1 aromatic heterocycles. The van der Waals surface area contributed by atoms with Crippen molar-refractivity contribution in [1.82, 2.24) is 8.87 Å². The van der Waals surface area contributed by atoms with E-state index in [1.54, 1.807) is 12.1 Å². The third-order valence-electron chi connectivity index (χ3n) is 4.47. The Labute approximate surface area is 146 Å². The van der Waals surface area contributed by atoms with Gasteiger partial charge in [0.1, 0.15) is 4.90 Å². The summed E-state index contributed by atoms with van der Waals surface area (Å²) in [6.07, 6.45) is 0.775. The van der Waals surface area contributed by atoms with Crippen molar-refractivity contribution in [3.63, 3.8) is 0 Å². The quantitative estimate of drug-likeness (QED) is 0.560. The lowest BCUT2D eigenvalue weighted by molar-refractivity contribution is 0.414. The van der Waals surface area contributed by atoms with Gasteiger partial charge in [-0.25, -0.2) is 12.4 Å². The van der Waals surface area contributed by atoms with Crippen LogP contribution in [-0.2, 0) is 16.4 Å². The number of nitrogens with zero attached hydrogens (tertiary/aromatic N) is 2. The summed E-state index contributed by atoms with van der Waals surface area (Å²) in [5, 5.41) is 1.27. The van der Waals surface area contributed by atoms with Crippen LogP contribution >= 0.6 is 11.6 Å². The van der Waals surface area contributed by atoms with E-state index >= 15 is 0 Å². The Bertz CT molecular complexity index is 1070. The second-order valence-electron chi connectivity index (χ2n) is 6.28. The van der Waals surface area contributed by atoms with Crippen molar-refractivity contribution in [3.8, 4) is 11.3 Å². The van der Waals surface area contributed by atoms with E-state index in [0.717, 1.165) is 29.6 Å². The Morgan fingerprint density at radius 1 is 1.08 bits per heavy atom. The summed E-state index contributed by atoms with van der Waals surface area (Å²) in [6, 6.07) is 12.9. The van der Waals surface area contributed by atoms with Crippen molar-refractivity contribution in [2.75, 3.05) is 20.6 Å². The summed E-state index contributed by atoms with van der Waals surface area (Å²) in [6.45, 7) is 0.844. The van der Waals surface area contributed by atoms with Crippen molar-refractivity contribution in [3.05, 3.63) is 53.1 Å². The monoisotopic (exact) mass is 360 g/mol. The van der Waals surface area contributed by atoms with E-state index in [4.69, 9.17) is 11.6 Å². The highest BCUT2D eigenvalue weighted by Crippen LogP contribution is 2.47. The second kappa shape index (κ2) is 5.34. The molecule has 0 amide bonds. The van der Waals surface area contributed by atoms with Gasteiger partial charge in [0, 0.05) is 17.5 Å². The van der Waals surface area contributed by atoms with Crippen molar-refractivity contribution in [2.45, 2.75) is 11.3 Å². The molecular formula is C18H17ClN2O2S. The average molecular weight is 361 g/mol. The zero-order valence-electron chi connectivity index (χ0n) is 13.5. The van der Waals surface area contributed by atoms with E-state index in [-0.39, 0.29) is 9.92 Å². The Kier molecular flexibility index (Phi) is 3.49. The number of halogens is 1. The van der Waals surface area contributed by atoms with Gasteiger partial charge in [-0.2, -0.15) is 0 Å². The van der Waals surface area contributed by atoms with E-state index in [1.165, 1.54) is 3.97 Å². The van der Waals surface area contributed by atoms with Gasteiger partial charge in [-0.1, -0.05) is 41.9 Å². The minimum absolute atomic E-state index is 0.221. The predicted molar refractivity (Wildman–Crippen MR) is 97.2 cm³/mol. The van der Waals surface area contributed by atoms with Gasteiger partial charge in [0.15, 0.2) is 0 Å². The molecule has 124 valence electrons. The van der Waals surface area contributed by atoms with Crippen LogP contribution in [0.1, 0.15) is 5.56 Å². The maximum atomic E-state index is 13.1. The third-order valence-corrected chi connectivity index (χ3v) is 6.71. The smallest absolute Gasteiger partial charge is 0.270 e. The zero-order chi connectivity index (χ0) is 17.1. The van der Waals surface area contributed by atoms with Gasteiger partial charge in [0.25, 0.3) is 10.0 Å². The number of benzene rings is 2. The number of para-hydroxylation sites is 1. The van der Waals surface area contributed by atoms with Crippen molar-refractivity contribution in [2.24, 2.45) is 0 Å². The molecule has 1 aliphatic rings. The van der Waals surface area contributed by atoms with Gasteiger partial charge >= 0.3 is 0 Å². The molecule has 0 radical (unpaired) electrons. The maximum absolute atomic E-state index is 13.1. The van der Waals surface area contributed by atoms with Crippen molar-refractivity contribution >= 4 is 32.5 Å². The molecule has 0 spiro atoms. The van der Waals surface area contributed by atoms with Crippen LogP contribution in [0.2, 0.25) is 5.02 Å². The zero-order valence-corrected chi connectivity index (χ0v) is 15.0. The van der Waals surface area contributed by atoms with Gasteiger partial charge in [-0.3, -0.25) is 0 Å².